The van der Waals surface area contributed by atoms with Crippen LogP contribution in [0.15, 0.2) is 66.3 Å². The van der Waals surface area contributed by atoms with Crippen molar-refractivity contribution in [1.29, 1.82) is 0 Å². The SMILES string of the molecule is CC(=O)Nc1ccc(-c2csc(NC(=O)c3cnc(-c4ccccc4)nc3)n2)c(F)c1. The molecule has 9 heteroatoms. The highest BCUT2D eigenvalue weighted by atomic mass is 32.1. The molecule has 31 heavy (non-hydrogen) atoms. The Bertz CT molecular complexity index is 1240. The van der Waals surface area contributed by atoms with E-state index in [9.17, 15) is 14.0 Å². The molecule has 154 valence electrons. The molecule has 2 aromatic heterocycles. The molecule has 2 aromatic carbocycles. The summed E-state index contributed by atoms with van der Waals surface area (Å²) in [4.78, 5) is 36.3. The maximum absolute atomic E-state index is 14.4. The molecule has 0 aliphatic rings. The second kappa shape index (κ2) is 8.80. The van der Waals surface area contributed by atoms with E-state index in [0.29, 0.717) is 22.3 Å². The molecule has 4 rings (SSSR count). The number of halogens is 1. The van der Waals surface area contributed by atoms with Crippen LogP contribution in [-0.4, -0.2) is 26.8 Å². The summed E-state index contributed by atoms with van der Waals surface area (Å²) in [6.07, 6.45) is 2.89. The van der Waals surface area contributed by atoms with Gasteiger partial charge in [0.05, 0.1) is 11.3 Å². The Kier molecular flexibility index (Phi) is 5.76. The summed E-state index contributed by atoms with van der Waals surface area (Å²) in [5.41, 5.74) is 2.13. The van der Waals surface area contributed by atoms with Crippen LogP contribution in [0, 0.1) is 5.82 Å². The van der Waals surface area contributed by atoms with Gasteiger partial charge in [-0.25, -0.2) is 19.3 Å². The van der Waals surface area contributed by atoms with E-state index in [0.717, 1.165) is 5.56 Å². The fourth-order valence-electron chi connectivity index (χ4n) is 2.81. The third kappa shape index (κ3) is 4.78. The summed E-state index contributed by atoms with van der Waals surface area (Å²) < 4.78 is 14.4. The first-order valence-corrected chi connectivity index (χ1v) is 10.1. The van der Waals surface area contributed by atoms with E-state index in [1.54, 1.807) is 11.4 Å². The predicted molar refractivity (Wildman–Crippen MR) is 117 cm³/mol. The second-order valence-electron chi connectivity index (χ2n) is 6.53. The average Bonchev–Trinajstić information content (AvgIpc) is 3.22. The van der Waals surface area contributed by atoms with Crippen LogP contribution in [0.3, 0.4) is 0 Å². The normalized spacial score (nSPS) is 10.5. The van der Waals surface area contributed by atoms with E-state index >= 15 is 0 Å². The zero-order chi connectivity index (χ0) is 21.8. The lowest BCUT2D eigenvalue weighted by Crippen LogP contribution is -2.12. The Morgan fingerprint density at radius 2 is 1.74 bits per heavy atom. The minimum absolute atomic E-state index is 0.265. The molecule has 0 bridgehead atoms. The van der Waals surface area contributed by atoms with Crippen LogP contribution in [0.1, 0.15) is 17.3 Å². The molecule has 0 saturated carbocycles. The van der Waals surface area contributed by atoms with Gasteiger partial charge >= 0.3 is 0 Å². The number of benzene rings is 2. The fourth-order valence-corrected chi connectivity index (χ4v) is 3.52. The van der Waals surface area contributed by atoms with Crippen molar-refractivity contribution in [3.8, 4) is 22.6 Å². The lowest BCUT2D eigenvalue weighted by molar-refractivity contribution is -0.114. The number of hydrogen-bond acceptors (Lipinski definition) is 6. The number of hydrogen-bond donors (Lipinski definition) is 2. The number of thiazole rings is 1. The topological polar surface area (TPSA) is 96.9 Å². The molecule has 2 heterocycles. The van der Waals surface area contributed by atoms with Crippen LogP contribution in [-0.2, 0) is 4.79 Å². The zero-order valence-electron chi connectivity index (χ0n) is 16.3. The van der Waals surface area contributed by atoms with Crippen LogP contribution in [0.4, 0.5) is 15.2 Å². The Labute approximate surface area is 181 Å². The standard InChI is InChI=1S/C22H16FN5O2S/c1-13(29)26-16-7-8-17(18(23)9-16)19-12-31-22(27-19)28-21(30)15-10-24-20(25-11-15)14-5-3-2-4-6-14/h2-12H,1H3,(H,26,29)(H,27,28,30). The zero-order valence-corrected chi connectivity index (χ0v) is 17.1. The Balaban J connectivity index is 1.46. The monoisotopic (exact) mass is 433 g/mol. The molecular weight excluding hydrogens is 417 g/mol. The van der Waals surface area contributed by atoms with Crippen molar-refractivity contribution in [2.45, 2.75) is 6.92 Å². The minimum atomic E-state index is -0.528. The molecule has 0 spiro atoms. The smallest absolute Gasteiger partial charge is 0.260 e. The van der Waals surface area contributed by atoms with Crippen LogP contribution < -0.4 is 10.6 Å². The highest BCUT2D eigenvalue weighted by molar-refractivity contribution is 7.14. The van der Waals surface area contributed by atoms with Gasteiger partial charge in [-0.1, -0.05) is 30.3 Å². The van der Waals surface area contributed by atoms with Crippen molar-refractivity contribution < 1.29 is 14.0 Å². The van der Waals surface area contributed by atoms with Crippen molar-refractivity contribution in [1.82, 2.24) is 15.0 Å². The van der Waals surface area contributed by atoms with Gasteiger partial charge in [-0.05, 0) is 18.2 Å². The summed E-state index contributed by atoms with van der Waals surface area (Å²) in [5, 5.41) is 7.15. The summed E-state index contributed by atoms with van der Waals surface area (Å²) in [6, 6.07) is 13.8. The number of carbonyl (C=O) groups excluding carboxylic acids is 2. The Hall–Kier alpha value is -3.98. The largest absolute Gasteiger partial charge is 0.326 e. The number of rotatable bonds is 5. The molecule has 0 aliphatic heterocycles. The first-order chi connectivity index (χ1) is 15.0. The van der Waals surface area contributed by atoms with Gasteiger partial charge in [0.15, 0.2) is 11.0 Å². The number of nitrogens with zero attached hydrogens (tertiary/aromatic N) is 3. The van der Waals surface area contributed by atoms with E-state index < -0.39 is 11.7 Å². The maximum atomic E-state index is 14.4. The summed E-state index contributed by atoms with van der Waals surface area (Å²) in [6.45, 7) is 1.35. The van der Waals surface area contributed by atoms with Crippen molar-refractivity contribution in [3.63, 3.8) is 0 Å². The predicted octanol–water partition coefficient (Wildman–Crippen LogP) is 4.62. The highest BCUT2D eigenvalue weighted by Crippen LogP contribution is 2.29. The number of anilines is 2. The molecule has 0 unspecified atom stereocenters. The molecule has 0 atom stereocenters. The third-order valence-corrected chi connectivity index (χ3v) is 4.99. The van der Waals surface area contributed by atoms with Gasteiger partial charge in [-0.2, -0.15) is 0 Å². The van der Waals surface area contributed by atoms with Gasteiger partial charge < -0.3 is 5.32 Å². The molecule has 7 nitrogen and oxygen atoms in total. The van der Waals surface area contributed by atoms with Gasteiger partial charge in [0.25, 0.3) is 5.91 Å². The molecule has 0 fully saturated rings. The molecule has 2 N–H and O–H groups in total. The van der Waals surface area contributed by atoms with Crippen molar-refractivity contribution in [2.24, 2.45) is 0 Å². The molecular formula is C22H16FN5O2S. The van der Waals surface area contributed by atoms with Gasteiger partial charge in [0, 0.05) is 41.5 Å². The van der Waals surface area contributed by atoms with Crippen LogP contribution >= 0.6 is 11.3 Å². The molecule has 0 aliphatic carbocycles. The molecule has 0 saturated heterocycles. The Morgan fingerprint density at radius 3 is 2.42 bits per heavy atom. The van der Waals surface area contributed by atoms with Gasteiger partial charge in [0.2, 0.25) is 5.91 Å². The Morgan fingerprint density at radius 1 is 1.00 bits per heavy atom. The van der Waals surface area contributed by atoms with E-state index in [1.807, 2.05) is 30.3 Å². The average molecular weight is 433 g/mol. The number of amides is 2. The number of nitrogens with one attached hydrogen (secondary N) is 2. The lowest BCUT2D eigenvalue weighted by atomic mass is 10.1. The summed E-state index contributed by atoms with van der Waals surface area (Å²) in [5.74, 6) is -0.709. The minimum Gasteiger partial charge on any atom is -0.326 e. The van der Waals surface area contributed by atoms with Crippen LogP contribution in [0.2, 0.25) is 0 Å². The van der Waals surface area contributed by atoms with Gasteiger partial charge in [0.1, 0.15) is 5.82 Å². The van der Waals surface area contributed by atoms with E-state index in [1.165, 1.54) is 42.8 Å². The van der Waals surface area contributed by atoms with E-state index in [-0.39, 0.29) is 17.0 Å². The third-order valence-electron chi connectivity index (χ3n) is 4.24. The van der Waals surface area contributed by atoms with E-state index in [2.05, 4.69) is 25.6 Å². The first kappa shape index (κ1) is 20.3. The molecule has 2 amide bonds. The quantitative estimate of drug-likeness (QED) is 0.479. The fraction of sp³-hybridized carbons (Fsp3) is 0.0455. The first-order valence-electron chi connectivity index (χ1n) is 9.21. The summed E-state index contributed by atoms with van der Waals surface area (Å²) in [7, 11) is 0. The molecule has 0 radical (unpaired) electrons. The van der Waals surface area contributed by atoms with Gasteiger partial charge in [-0.3, -0.25) is 14.9 Å². The molecule has 4 aromatic rings. The van der Waals surface area contributed by atoms with Crippen LogP contribution in [0.5, 0.6) is 0 Å². The highest BCUT2D eigenvalue weighted by Gasteiger charge is 2.14. The summed E-state index contributed by atoms with van der Waals surface area (Å²) >= 11 is 1.17. The van der Waals surface area contributed by atoms with Crippen molar-refractivity contribution in [3.05, 3.63) is 77.7 Å². The van der Waals surface area contributed by atoms with Crippen LogP contribution in [0.25, 0.3) is 22.6 Å². The van der Waals surface area contributed by atoms with Gasteiger partial charge in [-0.15, -0.1) is 11.3 Å². The second-order valence-corrected chi connectivity index (χ2v) is 7.39. The maximum Gasteiger partial charge on any atom is 0.260 e. The lowest BCUT2D eigenvalue weighted by Gasteiger charge is -2.05. The number of aromatic nitrogens is 3. The van der Waals surface area contributed by atoms with Crippen molar-refractivity contribution >= 4 is 34.0 Å². The number of carbonyl (C=O) groups is 2. The van der Waals surface area contributed by atoms with Crippen molar-refractivity contribution in [2.75, 3.05) is 10.6 Å². The van der Waals surface area contributed by atoms with E-state index in [4.69, 9.17) is 0 Å².